The van der Waals surface area contributed by atoms with Crippen molar-refractivity contribution in [1.29, 1.82) is 0 Å². The van der Waals surface area contributed by atoms with Gasteiger partial charge >= 0.3 is 5.97 Å². The smallest absolute Gasteiger partial charge is 0.326 e. The van der Waals surface area contributed by atoms with Crippen molar-refractivity contribution in [3.05, 3.63) is 0 Å². The highest BCUT2D eigenvalue weighted by Crippen LogP contribution is 2.20. The largest absolute Gasteiger partial charge is 0.480 e. The molecule has 0 aromatic rings. The molecule has 0 spiro atoms. The van der Waals surface area contributed by atoms with Crippen molar-refractivity contribution in [2.45, 2.75) is 59.0 Å². The summed E-state index contributed by atoms with van der Waals surface area (Å²) in [7, 11) is 0. The first-order valence-electron chi connectivity index (χ1n) is 6.94. The normalized spacial score (nSPS) is 20.6. The van der Waals surface area contributed by atoms with Gasteiger partial charge in [-0.15, -0.1) is 0 Å². The van der Waals surface area contributed by atoms with E-state index >= 15 is 0 Å². The Balaban J connectivity index is 2.59. The summed E-state index contributed by atoms with van der Waals surface area (Å²) in [5.41, 5.74) is -0.149. The van der Waals surface area contributed by atoms with E-state index in [1.165, 1.54) is 4.90 Å². The summed E-state index contributed by atoms with van der Waals surface area (Å²) in [4.78, 5) is 36.4. The summed E-state index contributed by atoms with van der Waals surface area (Å²) >= 11 is 0. The maximum absolute atomic E-state index is 12.2. The molecule has 6 heteroatoms. The summed E-state index contributed by atoms with van der Waals surface area (Å²) in [5, 5.41) is 11.7. The first-order valence-corrected chi connectivity index (χ1v) is 6.94. The molecule has 1 unspecified atom stereocenters. The van der Waals surface area contributed by atoms with Crippen molar-refractivity contribution in [2.75, 3.05) is 6.54 Å². The van der Waals surface area contributed by atoms with Crippen molar-refractivity contribution in [1.82, 2.24) is 10.2 Å². The Morgan fingerprint density at radius 3 is 2.45 bits per heavy atom. The minimum absolute atomic E-state index is 0.149. The van der Waals surface area contributed by atoms with Crippen molar-refractivity contribution in [3.8, 4) is 0 Å². The Bertz CT molecular complexity index is 400. The third kappa shape index (κ3) is 4.51. The van der Waals surface area contributed by atoms with Gasteiger partial charge in [0, 0.05) is 13.0 Å². The topological polar surface area (TPSA) is 86.7 Å². The van der Waals surface area contributed by atoms with Crippen LogP contribution in [0, 0.1) is 5.41 Å². The molecule has 2 N–H and O–H groups in total. The fourth-order valence-electron chi connectivity index (χ4n) is 2.37. The van der Waals surface area contributed by atoms with Gasteiger partial charge in [0.1, 0.15) is 12.1 Å². The lowest BCUT2D eigenvalue weighted by Gasteiger charge is -2.26. The lowest BCUT2D eigenvalue weighted by atomic mass is 9.92. The third-order valence-corrected chi connectivity index (χ3v) is 3.26. The zero-order valence-corrected chi connectivity index (χ0v) is 12.6. The first kappa shape index (κ1) is 16.5. The zero-order chi connectivity index (χ0) is 15.5. The van der Waals surface area contributed by atoms with Crippen molar-refractivity contribution in [3.63, 3.8) is 0 Å². The molecule has 0 saturated carbocycles. The van der Waals surface area contributed by atoms with Crippen molar-refractivity contribution < 1.29 is 19.5 Å². The van der Waals surface area contributed by atoms with E-state index in [1.807, 2.05) is 20.8 Å². The highest BCUT2D eigenvalue weighted by Gasteiger charge is 2.36. The summed E-state index contributed by atoms with van der Waals surface area (Å²) in [6.07, 6.45) is 1.49. The number of rotatable bonds is 4. The number of carboxylic acids is 1. The van der Waals surface area contributed by atoms with Gasteiger partial charge < -0.3 is 15.3 Å². The van der Waals surface area contributed by atoms with Gasteiger partial charge in [-0.2, -0.15) is 0 Å². The molecule has 1 fully saturated rings. The van der Waals surface area contributed by atoms with Gasteiger partial charge in [0.05, 0.1) is 0 Å². The van der Waals surface area contributed by atoms with Crippen LogP contribution in [-0.2, 0) is 14.4 Å². The molecule has 2 atom stereocenters. The van der Waals surface area contributed by atoms with Gasteiger partial charge in [0.2, 0.25) is 11.8 Å². The van der Waals surface area contributed by atoms with Crippen LogP contribution in [0.5, 0.6) is 0 Å². The summed E-state index contributed by atoms with van der Waals surface area (Å²) in [5.74, 6) is -1.49. The summed E-state index contributed by atoms with van der Waals surface area (Å²) in [6.45, 7) is 7.87. The molecule has 1 saturated heterocycles. The molecule has 1 aliphatic heterocycles. The molecule has 1 rings (SSSR count). The maximum Gasteiger partial charge on any atom is 0.326 e. The number of aliphatic carboxylic acids is 1. The van der Waals surface area contributed by atoms with Crippen LogP contribution in [0.25, 0.3) is 0 Å². The van der Waals surface area contributed by atoms with Gasteiger partial charge in [-0.3, -0.25) is 9.59 Å². The van der Waals surface area contributed by atoms with E-state index in [2.05, 4.69) is 5.32 Å². The molecule has 0 bridgehead atoms. The second-order valence-electron chi connectivity index (χ2n) is 6.55. The number of carbonyl (C=O) groups excluding carboxylic acids is 2. The molecule has 1 heterocycles. The Morgan fingerprint density at radius 1 is 1.35 bits per heavy atom. The fourth-order valence-corrected chi connectivity index (χ4v) is 2.37. The minimum atomic E-state index is -0.982. The maximum atomic E-state index is 12.2. The number of hydrogen-bond acceptors (Lipinski definition) is 3. The molecule has 20 heavy (non-hydrogen) atoms. The van der Waals surface area contributed by atoms with Crippen molar-refractivity contribution in [2.24, 2.45) is 5.41 Å². The Morgan fingerprint density at radius 2 is 1.95 bits per heavy atom. The molecule has 1 aliphatic rings. The van der Waals surface area contributed by atoms with Gasteiger partial charge in [-0.1, -0.05) is 20.8 Å². The van der Waals surface area contributed by atoms with E-state index in [0.29, 0.717) is 25.8 Å². The second-order valence-corrected chi connectivity index (χ2v) is 6.55. The number of hydrogen-bond donors (Lipinski definition) is 2. The Labute approximate surface area is 119 Å². The number of nitrogens with one attached hydrogen (secondary N) is 1. The van der Waals surface area contributed by atoms with Gasteiger partial charge in [-0.25, -0.2) is 4.79 Å². The minimum Gasteiger partial charge on any atom is -0.480 e. The standard InChI is InChI=1S/C14H24N2O4/c1-9(15-11(17)8-14(2,3)4)12(18)16-7-5-6-10(16)13(19)20/h9-10H,5-8H2,1-4H3,(H,15,17)(H,19,20)/t9?,10-/m0/s1. The van der Waals surface area contributed by atoms with E-state index in [4.69, 9.17) is 5.11 Å². The van der Waals surface area contributed by atoms with E-state index in [1.54, 1.807) is 6.92 Å². The molecule has 0 aromatic heterocycles. The highest BCUT2D eigenvalue weighted by molar-refractivity contribution is 5.90. The van der Waals surface area contributed by atoms with Gasteiger partial charge in [0.25, 0.3) is 0 Å². The van der Waals surface area contributed by atoms with E-state index < -0.39 is 18.1 Å². The average Bonchev–Trinajstić information content (AvgIpc) is 2.73. The van der Waals surface area contributed by atoms with Crippen LogP contribution in [0.1, 0.15) is 47.0 Å². The predicted octanol–water partition coefficient (Wildman–Crippen LogP) is 1.00. The van der Waals surface area contributed by atoms with Crippen LogP contribution >= 0.6 is 0 Å². The van der Waals surface area contributed by atoms with Crippen molar-refractivity contribution >= 4 is 17.8 Å². The SMILES string of the molecule is CC(NC(=O)CC(C)(C)C)C(=O)N1CCC[C@H]1C(=O)O. The molecule has 114 valence electrons. The van der Waals surface area contributed by atoms with Crippen LogP contribution < -0.4 is 5.32 Å². The molecule has 0 aromatic carbocycles. The summed E-state index contributed by atoms with van der Waals surface area (Å²) in [6, 6.07) is -1.45. The van der Waals surface area contributed by atoms with E-state index in [-0.39, 0.29) is 17.2 Å². The number of amides is 2. The Kier molecular flexibility index (Phi) is 5.14. The van der Waals surface area contributed by atoms with Crippen LogP contribution in [0.4, 0.5) is 0 Å². The first-order chi connectivity index (χ1) is 9.11. The number of carbonyl (C=O) groups is 3. The molecule has 0 aliphatic carbocycles. The molecule has 0 radical (unpaired) electrons. The van der Waals surface area contributed by atoms with Crippen LogP contribution in [0.2, 0.25) is 0 Å². The number of carboxylic acid groups (broad SMARTS) is 1. The third-order valence-electron chi connectivity index (χ3n) is 3.26. The van der Waals surface area contributed by atoms with Gasteiger partial charge in [-0.05, 0) is 25.2 Å². The molecule has 6 nitrogen and oxygen atoms in total. The lowest BCUT2D eigenvalue weighted by molar-refractivity contribution is -0.149. The number of nitrogens with zero attached hydrogens (tertiary/aromatic N) is 1. The quantitative estimate of drug-likeness (QED) is 0.806. The van der Waals surface area contributed by atoms with E-state index in [0.717, 1.165) is 0 Å². The molecule has 2 amide bonds. The fraction of sp³-hybridized carbons (Fsp3) is 0.786. The van der Waals surface area contributed by atoms with Crippen LogP contribution in [0.3, 0.4) is 0 Å². The van der Waals surface area contributed by atoms with E-state index in [9.17, 15) is 14.4 Å². The lowest BCUT2D eigenvalue weighted by Crippen LogP contribution is -2.50. The Hall–Kier alpha value is -1.59. The number of likely N-dealkylation sites (tertiary alicyclic amines) is 1. The van der Waals surface area contributed by atoms with Crippen LogP contribution in [-0.4, -0.2) is 46.4 Å². The van der Waals surface area contributed by atoms with Crippen LogP contribution in [0.15, 0.2) is 0 Å². The average molecular weight is 284 g/mol. The predicted molar refractivity (Wildman–Crippen MR) is 74.0 cm³/mol. The zero-order valence-electron chi connectivity index (χ0n) is 12.6. The summed E-state index contributed by atoms with van der Waals surface area (Å²) < 4.78 is 0. The monoisotopic (exact) mass is 284 g/mol. The van der Waals surface area contributed by atoms with Gasteiger partial charge in [0.15, 0.2) is 0 Å². The second kappa shape index (κ2) is 6.24. The molecular weight excluding hydrogens is 260 g/mol. The highest BCUT2D eigenvalue weighted by atomic mass is 16.4. The molecular formula is C14H24N2O4.